The van der Waals surface area contributed by atoms with E-state index < -0.39 is 0 Å². The van der Waals surface area contributed by atoms with Gasteiger partial charge in [-0.1, -0.05) is 36.4 Å². The third-order valence-electron chi connectivity index (χ3n) is 4.85. The fourth-order valence-electron chi connectivity index (χ4n) is 3.32. The number of rotatable bonds is 5. The average Bonchev–Trinajstić information content (AvgIpc) is 2.70. The molecular formula is C23H25N3OS. The lowest BCUT2D eigenvalue weighted by Gasteiger charge is -2.22. The summed E-state index contributed by atoms with van der Waals surface area (Å²) in [6.07, 6.45) is 0. The van der Waals surface area contributed by atoms with Gasteiger partial charge < -0.3 is 10.2 Å². The van der Waals surface area contributed by atoms with E-state index in [4.69, 9.17) is 12.2 Å². The molecule has 0 atom stereocenters. The van der Waals surface area contributed by atoms with Crippen molar-refractivity contribution in [3.05, 3.63) is 71.8 Å². The number of hydrogen-bond donors (Lipinski definition) is 2. The van der Waals surface area contributed by atoms with Crippen LogP contribution in [0, 0.1) is 6.92 Å². The van der Waals surface area contributed by atoms with E-state index in [0.29, 0.717) is 5.56 Å². The molecule has 4 nitrogen and oxygen atoms in total. The fraction of sp³-hybridized carbons (Fsp3) is 0.217. The molecule has 1 amide bonds. The molecule has 5 heteroatoms. The van der Waals surface area contributed by atoms with Crippen LogP contribution in [0.2, 0.25) is 0 Å². The van der Waals surface area contributed by atoms with Gasteiger partial charge in [-0.25, -0.2) is 0 Å². The number of fused-ring (bicyclic) bond motifs is 1. The van der Waals surface area contributed by atoms with Gasteiger partial charge in [0.2, 0.25) is 0 Å². The zero-order chi connectivity index (χ0) is 20.1. The van der Waals surface area contributed by atoms with Crippen molar-refractivity contribution in [1.29, 1.82) is 0 Å². The van der Waals surface area contributed by atoms with Gasteiger partial charge in [0, 0.05) is 30.0 Å². The molecule has 0 aliphatic rings. The number of thiocarbonyl (C=S) groups is 1. The van der Waals surface area contributed by atoms with Crippen LogP contribution in [0.15, 0.2) is 60.7 Å². The number of carbonyl (C=O) groups is 1. The van der Waals surface area contributed by atoms with Gasteiger partial charge in [-0.2, -0.15) is 0 Å². The van der Waals surface area contributed by atoms with Gasteiger partial charge >= 0.3 is 0 Å². The van der Waals surface area contributed by atoms with E-state index in [2.05, 4.69) is 41.5 Å². The van der Waals surface area contributed by atoms with Crippen molar-refractivity contribution < 1.29 is 4.79 Å². The van der Waals surface area contributed by atoms with E-state index in [1.54, 1.807) is 0 Å². The molecule has 0 saturated heterocycles. The van der Waals surface area contributed by atoms with Crippen molar-refractivity contribution in [3.8, 4) is 0 Å². The molecule has 0 spiro atoms. The Balaban J connectivity index is 1.72. The van der Waals surface area contributed by atoms with Gasteiger partial charge in [-0.05, 0) is 73.6 Å². The minimum absolute atomic E-state index is 0.216. The van der Waals surface area contributed by atoms with Gasteiger partial charge in [0.05, 0.1) is 0 Å². The van der Waals surface area contributed by atoms with Crippen molar-refractivity contribution in [2.45, 2.75) is 20.8 Å². The summed E-state index contributed by atoms with van der Waals surface area (Å²) >= 11 is 5.37. The monoisotopic (exact) mass is 391 g/mol. The Kier molecular flexibility index (Phi) is 6.26. The molecule has 0 aromatic heterocycles. The van der Waals surface area contributed by atoms with Crippen LogP contribution in [0.1, 0.15) is 29.8 Å². The number of hydrogen-bond acceptors (Lipinski definition) is 3. The number of anilines is 2. The standard InChI is InChI=1S/C23H25N3OS/c1-4-26(5-2)18-13-14-21(16(3)15-18)24-23(28)25-22(27)20-12-8-10-17-9-6-7-11-19(17)20/h6-15H,4-5H2,1-3H3,(H2,24,25,27,28). The normalized spacial score (nSPS) is 10.5. The first-order valence-electron chi connectivity index (χ1n) is 9.49. The van der Waals surface area contributed by atoms with Crippen LogP contribution in [0.25, 0.3) is 10.8 Å². The zero-order valence-corrected chi connectivity index (χ0v) is 17.3. The number of benzene rings is 3. The van der Waals surface area contributed by atoms with Gasteiger partial charge in [0.15, 0.2) is 5.11 Å². The minimum atomic E-state index is -0.216. The molecule has 0 saturated carbocycles. The maximum Gasteiger partial charge on any atom is 0.258 e. The summed E-state index contributed by atoms with van der Waals surface area (Å²) in [5.41, 5.74) is 3.75. The molecule has 3 aromatic rings. The third-order valence-corrected chi connectivity index (χ3v) is 5.05. The molecule has 28 heavy (non-hydrogen) atoms. The van der Waals surface area contributed by atoms with Crippen molar-refractivity contribution in [1.82, 2.24) is 5.32 Å². The molecule has 0 aliphatic heterocycles. The first kappa shape index (κ1) is 19.8. The number of nitrogens with one attached hydrogen (secondary N) is 2. The quantitative estimate of drug-likeness (QED) is 0.593. The smallest absolute Gasteiger partial charge is 0.258 e. The van der Waals surface area contributed by atoms with Gasteiger partial charge in [0.1, 0.15) is 0 Å². The Morgan fingerprint density at radius 1 is 1.00 bits per heavy atom. The molecule has 3 aromatic carbocycles. The maximum atomic E-state index is 12.7. The highest BCUT2D eigenvalue weighted by molar-refractivity contribution is 7.80. The Hall–Kier alpha value is -2.92. The fourth-order valence-corrected chi connectivity index (χ4v) is 3.52. The minimum Gasteiger partial charge on any atom is -0.372 e. The molecule has 0 heterocycles. The van der Waals surface area contributed by atoms with E-state index in [0.717, 1.165) is 35.1 Å². The van der Waals surface area contributed by atoms with E-state index in [1.807, 2.05) is 55.5 Å². The molecule has 3 rings (SSSR count). The van der Waals surface area contributed by atoms with E-state index in [9.17, 15) is 4.79 Å². The summed E-state index contributed by atoms with van der Waals surface area (Å²) in [5.74, 6) is -0.216. The summed E-state index contributed by atoms with van der Waals surface area (Å²) in [7, 11) is 0. The van der Waals surface area contributed by atoms with Gasteiger partial charge in [0.25, 0.3) is 5.91 Å². The summed E-state index contributed by atoms with van der Waals surface area (Å²) < 4.78 is 0. The van der Waals surface area contributed by atoms with Crippen molar-refractivity contribution >= 4 is 45.4 Å². The second-order valence-corrected chi connectivity index (χ2v) is 7.01. The van der Waals surface area contributed by atoms with E-state index in [-0.39, 0.29) is 11.0 Å². The summed E-state index contributed by atoms with van der Waals surface area (Å²) in [6, 6.07) is 19.7. The lowest BCUT2D eigenvalue weighted by molar-refractivity contribution is 0.0979. The Bertz CT molecular complexity index is 1010. The predicted molar refractivity (Wildman–Crippen MR) is 122 cm³/mol. The van der Waals surface area contributed by atoms with Crippen LogP contribution in [-0.4, -0.2) is 24.1 Å². The Labute approximate surface area is 171 Å². The molecule has 2 N–H and O–H groups in total. The average molecular weight is 392 g/mol. The summed E-state index contributed by atoms with van der Waals surface area (Å²) in [4.78, 5) is 15.0. The van der Waals surface area contributed by atoms with Crippen LogP contribution < -0.4 is 15.5 Å². The van der Waals surface area contributed by atoms with Gasteiger partial charge in [-0.15, -0.1) is 0 Å². The lowest BCUT2D eigenvalue weighted by atomic mass is 10.0. The first-order valence-corrected chi connectivity index (χ1v) is 9.90. The molecule has 0 radical (unpaired) electrons. The number of amides is 1. The Morgan fingerprint density at radius 3 is 2.43 bits per heavy atom. The maximum absolute atomic E-state index is 12.7. The van der Waals surface area contributed by atoms with Crippen LogP contribution in [0.4, 0.5) is 11.4 Å². The molecule has 0 bridgehead atoms. The predicted octanol–water partition coefficient (Wildman–Crippen LogP) is 5.12. The number of aryl methyl sites for hydroxylation is 1. The first-order chi connectivity index (χ1) is 13.5. The molecule has 0 unspecified atom stereocenters. The second-order valence-electron chi connectivity index (χ2n) is 6.61. The second kappa shape index (κ2) is 8.85. The summed E-state index contributed by atoms with van der Waals surface area (Å²) in [6.45, 7) is 8.24. The van der Waals surface area contributed by atoms with Crippen molar-refractivity contribution in [3.63, 3.8) is 0 Å². The summed E-state index contributed by atoms with van der Waals surface area (Å²) in [5, 5.41) is 8.16. The highest BCUT2D eigenvalue weighted by Crippen LogP contribution is 2.23. The number of nitrogens with zero attached hydrogens (tertiary/aromatic N) is 1. The SMILES string of the molecule is CCN(CC)c1ccc(NC(=S)NC(=O)c2cccc3ccccc23)c(C)c1. The highest BCUT2D eigenvalue weighted by Gasteiger charge is 2.12. The lowest BCUT2D eigenvalue weighted by Crippen LogP contribution is -2.34. The largest absolute Gasteiger partial charge is 0.372 e. The van der Waals surface area contributed by atoms with Crippen LogP contribution in [0.5, 0.6) is 0 Å². The third kappa shape index (κ3) is 4.31. The van der Waals surface area contributed by atoms with E-state index >= 15 is 0 Å². The highest BCUT2D eigenvalue weighted by atomic mass is 32.1. The number of carbonyl (C=O) groups excluding carboxylic acids is 1. The van der Waals surface area contributed by atoms with Crippen LogP contribution in [-0.2, 0) is 0 Å². The van der Waals surface area contributed by atoms with Crippen LogP contribution in [0.3, 0.4) is 0 Å². The van der Waals surface area contributed by atoms with E-state index in [1.165, 1.54) is 5.69 Å². The topological polar surface area (TPSA) is 44.4 Å². The molecule has 0 aliphatic carbocycles. The van der Waals surface area contributed by atoms with Gasteiger partial charge in [-0.3, -0.25) is 10.1 Å². The van der Waals surface area contributed by atoms with Crippen molar-refractivity contribution in [2.75, 3.05) is 23.3 Å². The zero-order valence-electron chi connectivity index (χ0n) is 16.5. The molecule has 0 fully saturated rings. The van der Waals surface area contributed by atoms with Crippen LogP contribution >= 0.6 is 12.2 Å². The molecule has 144 valence electrons. The Morgan fingerprint density at radius 2 is 1.71 bits per heavy atom. The molecular weight excluding hydrogens is 366 g/mol. The van der Waals surface area contributed by atoms with Crippen molar-refractivity contribution in [2.24, 2.45) is 0 Å².